The van der Waals surface area contributed by atoms with Gasteiger partial charge in [-0.1, -0.05) is 40.9 Å². The number of nitrogens with two attached hydrogens (primary N) is 1. The molecule has 154 valence electrons. The van der Waals surface area contributed by atoms with Gasteiger partial charge in [-0.3, -0.25) is 19.7 Å². The number of urea groups is 1. The second kappa shape index (κ2) is 8.74. The van der Waals surface area contributed by atoms with E-state index in [9.17, 15) is 19.2 Å². The molecule has 2 aromatic rings. The van der Waals surface area contributed by atoms with Gasteiger partial charge in [-0.2, -0.15) is 0 Å². The van der Waals surface area contributed by atoms with Crippen molar-refractivity contribution in [1.29, 1.82) is 0 Å². The van der Waals surface area contributed by atoms with E-state index in [0.717, 1.165) is 4.90 Å². The third kappa shape index (κ3) is 4.56. The molecule has 3 N–H and O–H groups in total. The Kier molecular flexibility index (Phi) is 6.31. The summed E-state index contributed by atoms with van der Waals surface area (Å²) in [7, 11) is 0. The fourth-order valence-electron chi connectivity index (χ4n) is 2.58. The first-order valence-corrected chi connectivity index (χ1v) is 9.38. The Morgan fingerprint density at radius 3 is 2.43 bits per heavy atom. The zero-order valence-corrected chi connectivity index (χ0v) is 17.2. The Hall–Kier alpha value is -3.07. The highest BCUT2D eigenvalue weighted by molar-refractivity contribution is 6.42. The maximum Gasteiger partial charge on any atom is 0.335 e. The van der Waals surface area contributed by atoms with E-state index < -0.39 is 23.8 Å². The molecule has 0 atom stereocenters. The number of rotatable bonds is 5. The van der Waals surface area contributed by atoms with Gasteiger partial charge in [0.2, 0.25) is 0 Å². The van der Waals surface area contributed by atoms with Crippen molar-refractivity contribution in [3.63, 3.8) is 0 Å². The quantitative estimate of drug-likeness (QED) is 0.516. The van der Waals surface area contributed by atoms with Crippen molar-refractivity contribution in [2.75, 3.05) is 11.5 Å². The smallest absolute Gasteiger partial charge is 0.335 e. The number of barbiturate groups is 1. The van der Waals surface area contributed by atoms with E-state index >= 15 is 0 Å². The topological polar surface area (TPSA) is 119 Å². The van der Waals surface area contributed by atoms with Crippen LogP contribution in [-0.2, 0) is 14.4 Å². The van der Waals surface area contributed by atoms with E-state index in [4.69, 9.17) is 45.3 Å². The van der Waals surface area contributed by atoms with E-state index in [0.29, 0.717) is 10.6 Å². The van der Waals surface area contributed by atoms with Crippen LogP contribution in [0.15, 0.2) is 42.0 Å². The summed E-state index contributed by atoms with van der Waals surface area (Å²) in [5.74, 6) is -2.23. The monoisotopic (exact) mass is 467 g/mol. The highest BCUT2D eigenvalue weighted by Gasteiger charge is 2.37. The molecule has 0 aromatic heterocycles. The predicted molar refractivity (Wildman–Crippen MR) is 112 cm³/mol. The lowest BCUT2D eigenvalue weighted by Crippen LogP contribution is -2.54. The predicted octanol–water partition coefficient (Wildman–Crippen LogP) is 3.18. The van der Waals surface area contributed by atoms with Crippen molar-refractivity contribution < 1.29 is 23.9 Å². The standard InChI is InChI=1S/C19H12Cl3N3O5/c20-10-2-3-14(12(21)7-10)25-18(28)11(17(27)24-19(25)29)5-9-1-4-15(13(22)6-9)30-8-16(23)26/h1-7H,8H2,(H2,23,26)(H,24,27,29). The molecule has 8 nitrogen and oxygen atoms in total. The van der Waals surface area contributed by atoms with Crippen LogP contribution < -0.4 is 20.7 Å². The lowest BCUT2D eigenvalue weighted by molar-refractivity contribution is -0.123. The molecule has 0 radical (unpaired) electrons. The van der Waals surface area contributed by atoms with Crippen molar-refractivity contribution in [3.05, 3.63) is 62.6 Å². The van der Waals surface area contributed by atoms with Gasteiger partial charge in [-0.25, -0.2) is 9.69 Å². The van der Waals surface area contributed by atoms with E-state index in [-0.39, 0.29) is 33.7 Å². The van der Waals surface area contributed by atoms with Gasteiger partial charge < -0.3 is 10.5 Å². The van der Waals surface area contributed by atoms with Gasteiger partial charge >= 0.3 is 6.03 Å². The SMILES string of the molecule is NC(=O)COc1ccc(C=C2C(=O)NC(=O)N(c3ccc(Cl)cc3Cl)C2=O)cc1Cl. The zero-order chi connectivity index (χ0) is 22.0. The minimum absolute atomic E-state index is 0.0543. The lowest BCUT2D eigenvalue weighted by Gasteiger charge is -2.27. The minimum atomic E-state index is -0.945. The van der Waals surface area contributed by atoms with Gasteiger partial charge in [0, 0.05) is 5.02 Å². The number of amides is 5. The van der Waals surface area contributed by atoms with Crippen molar-refractivity contribution >= 4 is 70.3 Å². The molecule has 1 fully saturated rings. The summed E-state index contributed by atoms with van der Waals surface area (Å²) in [6.45, 7) is -0.361. The van der Waals surface area contributed by atoms with Crippen LogP contribution in [0.2, 0.25) is 15.1 Å². The van der Waals surface area contributed by atoms with E-state index in [1.807, 2.05) is 0 Å². The summed E-state index contributed by atoms with van der Waals surface area (Å²) in [4.78, 5) is 49.0. The Bertz CT molecular complexity index is 1120. The minimum Gasteiger partial charge on any atom is -0.482 e. The van der Waals surface area contributed by atoms with Crippen molar-refractivity contribution in [2.45, 2.75) is 0 Å². The van der Waals surface area contributed by atoms with Gasteiger partial charge in [0.05, 0.1) is 15.7 Å². The van der Waals surface area contributed by atoms with Gasteiger partial charge in [0.15, 0.2) is 6.61 Å². The summed E-state index contributed by atoms with van der Waals surface area (Å²) < 4.78 is 5.15. The third-order valence-electron chi connectivity index (χ3n) is 3.89. The van der Waals surface area contributed by atoms with E-state index in [1.165, 1.54) is 42.5 Å². The van der Waals surface area contributed by atoms with Crippen molar-refractivity contribution in [1.82, 2.24) is 5.32 Å². The number of hydrogen-bond donors (Lipinski definition) is 2. The number of anilines is 1. The Balaban J connectivity index is 1.94. The molecule has 1 aliphatic heterocycles. The first kappa shape index (κ1) is 21.6. The van der Waals surface area contributed by atoms with Crippen LogP contribution >= 0.6 is 34.8 Å². The summed E-state index contributed by atoms with van der Waals surface area (Å²) >= 11 is 18.1. The highest BCUT2D eigenvalue weighted by atomic mass is 35.5. The second-order valence-electron chi connectivity index (χ2n) is 6.00. The van der Waals surface area contributed by atoms with Crippen molar-refractivity contribution in [3.8, 4) is 5.75 Å². The van der Waals surface area contributed by atoms with Crippen LogP contribution in [0, 0.1) is 0 Å². The van der Waals surface area contributed by atoms with Gasteiger partial charge in [-0.05, 0) is 42.0 Å². The Labute approximate surface area is 185 Å². The number of halogens is 3. The number of carbonyl (C=O) groups is 4. The molecule has 0 aliphatic carbocycles. The molecule has 0 spiro atoms. The number of carbonyl (C=O) groups excluding carboxylic acids is 4. The molecule has 30 heavy (non-hydrogen) atoms. The molecule has 0 saturated carbocycles. The molecule has 0 unspecified atom stereocenters. The normalized spacial score (nSPS) is 15.4. The number of primary amides is 1. The third-order valence-corrected chi connectivity index (χ3v) is 4.72. The van der Waals surface area contributed by atoms with Crippen LogP contribution in [0.3, 0.4) is 0 Å². The van der Waals surface area contributed by atoms with E-state index in [2.05, 4.69) is 5.32 Å². The van der Waals surface area contributed by atoms with Crippen LogP contribution in [0.5, 0.6) is 5.75 Å². The van der Waals surface area contributed by atoms with Crippen LogP contribution in [0.1, 0.15) is 5.56 Å². The van der Waals surface area contributed by atoms with Gasteiger partial charge in [0.25, 0.3) is 17.7 Å². The largest absolute Gasteiger partial charge is 0.482 e. The number of ether oxygens (including phenoxy) is 1. The first-order chi connectivity index (χ1) is 14.2. The Morgan fingerprint density at radius 2 is 1.80 bits per heavy atom. The van der Waals surface area contributed by atoms with Crippen LogP contribution in [0.4, 0.5) is 10.5 Å². The molecule has 5 amide bonds. The lowest BCUT2D eigenvalue weighted by atomic mass is 10.1. The molecular formula is C19H12Cl3N3O5. The maximum absolute atomic E-state index is 12.9. The molecule has 3 rings (SSSR count). The average Bonchev–Trinajstić information content (AvgIpc) is 2.66. The molecule has 1 aliphatic rings. The molecule has 1 saturated heterocycles. The molecule has 2 aromatic carbocycles. The van der Waals surface area contributed by atoms with Crippen molar-refractivity contribution in [2.24, 2.45) is 5.73 Å². The highest BCUT2D eigenvalue weighted by Crippen LogP contribution is 2.32. The maximum atomic E-state index is 12.9. The Morgan fingerprint density at radius 1 is 1.07 bits per heavy atom. The molecular weight excluding hydrogens is 457 g/mol. The first-order valence-electron chi connectivity index (χ1n) is 8.24. The summed E-state index contributed by atoms with van der Waals surface area (Å²) in [6, 6.07) is 7.63. The molecule has 1 heterocycles. The summed E-state index contributed by atoms with van der Waals surface area (Å²) in [5, 5.41) is 2.58. The fourth-order valence-corrected chi connectivity index (χ4v) is 3.31. The summed E-state index contributed by atoms with van der Waals surface area (Å²) in [6.07, 6.45) is 1.25. The van der Waals surface area contributed by atoms with Gasteiger partial charge in [0.1, 0.15) is 11.3 Å². The number of hydrogen-bond acceptors (Lipinski definition) is 5. The molecule has 0 bridgehead atoms. The number of imide groups is 2. The summed E-state index contributed by atoms with van der Waals surface area (Å²) in [5.41, 5.74) is 5.14. The van der Waals surface area contributed by atoms with E-state index in [1.54, 1.807) is 0 Å². The zero-order valence-electron chi connectivity index (χ0n) is 14.9. The number of nitrogens with one attached hydrogen (secondary N) is 1. The average molecular weight is 469 g/mol. The van der Waals surface area contributed by atoms with Crippen LogP contribution in [-0.4, -0.2) is 30.4 Å². The fraction of sp³-hybridized carbons (Fsp3) is 0.0526. The van der Waals surface area contributed by atoms with Crippen LogP contribution in [0.25, 0.3) is 6.08 Å². The van der Waals surface area contributed by atoms with Gasteiger partial charge in [-0.15, -0.1) is 0 Å². The number of benzene rings is 2. The molecule has 11 heteroatoms. The number of nitrogens with zero attached hydrogens (tertiary/aromatic N) is 1. The second-order valence-corrected chi connectivity index (χ2v) is 7.25.